The van der Waals surface area contributed by atoms with Crippen LogP contribution in [0.2, 0.25) is 0 Å². The largest absolute Gasteiger partial charge is 0.385 e. The smallest absolute Gasteiger partial charge is 0.257 e. The van der Waals surface area contributed by atoms with Crippen molar-refractivity contribution in [2.24, 2.45) is 0 Å². The lowest BCUT2D eigenvalue weighted by Crippen LogP contribution is -2.13. The van der Waals surface area contributed by atoms with Crippen molar-refractivity contribution in [2.75, 3.05) is 17.2 Å². The molecule has 1 aromatic carbocycles. The summed E-state index contributed by atoms with van der Waals surface area (Å²) in [5, 5.41) is 6.85. The molecule has 0 saturated carbocycles. The van der Waals surface area contributed by atoms with Gasteiger partial charge in [0, 0.05) is 22.7 Å². The third-order valence-electron chi connectivity index (χ3n) is 3.30. The number of nitrogens with one attached hydrogen (secondary N) is 2. The van der Waals surface area contributed by atoms with Gasteiger partial charge in [0.25, 0.3) is 5.91 Å². The third-order valence-corrected chi connectivity index (χ3v) is 4.29. The maximum absolute atomic E-state index is 12.3. The molecule has 0 atom stereocenters. The van der Waals surface area contributed by atoms with E-state index in [0.29, 0.717) is 10.7 Å². The van der Waals surface area contributed by atoms with E-state index in [1.807, 2.05) is 39.0 Å². The average molecular weight is 303 g/mol. The first kappa shape index (κ1) is 15.5. The van der Waals surface area contributed by atoms with Crippen LogP contribution in [0.25, 0.3) is 0 Å². The summed E-state index contributed by atoms with van der Waals surface area (Å²) in [5.74, 6) is -0.108. The monoisotopic (exact) mass is 303 g/mol. The van der Waals surface area contributed by atoms with Crippen LogP contribution in [-0.2, 0) is 0 Å². The Hall–Kier alpha value is -1.88. The zero-order valence-corrected chi connectivity index (χ0v) is 13.7. The molecule has 2 rings (SSSR count). The normalized spacial score (nSPS) is 10.5. The number of nitrogens with zero attached hydrogens (tertiary/aromatic N) is 1. The SMILES string of the molecule is CCCNc1ccc(C(=O)Nc2nc(C)c(C)s2)c(C)c1. The molecular formula is C16H21N3OS. The van der Waals surface area contributed by atoms with Crippen molar-refractivity contribution in [3.63, 3.8) is 0 Å². The van der Waals surface area contributed by atoms with Crippen LogP contribution in [-0.4, -0.2) is 17.4 Å². The minimum absolute atomic E-state index is 0.108. The van der Waals surface area contributed by atoms with E-state index in [4.69, 9.17) is 0 Å². The maximum Gasteiger partial charge on any atom is 0.257 e. The summed E-state index contributed by atoms with van der Waals surface area (Å²) in [6.07, 6.45) is 1.07. The van der Waals surface area contributed by atoms with E-state index >= 15 is 0 Å². The van der Waals surface area contributed by atoms with Gasteiger partial charge in [0.1, 0.15) is 0 Å². The van der Waals surface area contributed by atoms with Crippen LogP contribution >= 0.6 is 11.3 Å². The summed E-state index contributed by atoms with van der Waals surface area (Å²) in [5.41, 5.74) is 3.65. The van der Waals surface area contributed by atoms with Gasteiger partial charge in [0.2, 0.25) is 0 Å². The van der Waals surface area contributed by atoms with Crippen LogP contribution in [0.4, 0.5) is 10.8 Å². The molecule has 0 radical (unpaired) electrons. The Morgan fingerprint density at radius 1 is 1.29 bits per heavy atom. The predicted molar refractivity (Wildman–Crippen MR) is 89.5 cm³/mol. The number of anilines is 2. The molecule has 0 fully saturated rings. The van der Waals surface area contributed by atoms with E-state index in [-0.39, 0.29) is 5.91 Å². The first-order valence-electron chi connectivity index (χ1n) is 7.11. The summed E-state index contributed by atoms with van der Waals surface area (Å²) in [6.45, 7) is 8.95. The number of thiazole rings is 1. The predicted octanol–water partition coefficient (Wildman–Crippen LogP) is 4.14. The Morgan fingerprint density at radius 3 is 2.62 bits per heavy atom. The van der Waals surface area contributed by atoms with Crippen molar-refractivity contribution in [1.29, 1.82) is 0 Å². The molecule has 2 N–H and O–H groups in total. The summed E-state index contributed by atoms with van der Waals surface area (Å²) >= 11 is 1.50. The lowest BCUT2D eigenvalue weighted by atomic mass is 10.1. The van der Waals surface area contributed by atoms with E-state index in [2.05, 4.69) is 22.5 Å². The number of aromatic nitrogens is 1. The highest BCUT2D eigenvalue weighted by atomic mass is 32.1. The molecule has 21 heavy (non-hydrogen) atoms. The van der Waals surface area contributed by atoms with Gasteiger partial charge in [-0.25, -0.2) is 4.98 Å². The van der Waals surface area contributed by atoms with Gasteiger partial charge in [-0.15, -0.1) is 11.3 Å². The first-order valence-corrected chi connectivity index (χ1v) is 7.92. The van der Waals surface area contributed by atoms with E-state index in [1.165, 1.54) is 11.3 Å². The van der Waals surface area contributed by atoms with Gasteiger partial charge in [-0.05, 0) is 51.0 Å². The Kier molecular flexibility index (Phi) is 4.96. The van der Waals surface area contributed by atoms with E-state index in [9.17, 15) is 4.79 Å². The Balaban J connectivity index is 2.12. The number of benzene rings is 1. The lowest BCUT2D eigenvalue weighted by Gasteiger charge is -2.09. The molecule has 0 spiro atoms. The number of carbonyl (C=O) groups is 1. The van der Waals surface area contributed by atoms with Gasteiger partial charge < -0.3 is 5.32 Å². The molecule has 0 unspecified atom stereocenters. The Morgan fingerprint density at radius 2 is 2.05 bits per heavy atom. The van der Waals surface area contributed by atoms with Crippen LogP contribution in [0.3, 0.4) is 0 Å². The molecule has 0 aliphatic rings. The standard InChI is InChI=1S/C16H21N3OS/c1-5-8-17-13-6-7-14(10(2)9-13)15(20)19-16-18-11(3)12(4)21-16/h6-7,9,17H,5,8H2,1-4H3,(H,18,19,20). The second-order valence-electron chi connectivity index (χ2n) is 5.07. The topological polar surface area (TPSA) is 54.0 Å². The van der Waals surface area contributed by atoms with Gasteiger partial charge >= 0.3 is 0 Å². The van der Waals surface area contributed by atoms with Gasteiger partial charge in [0.05, 0.1) is 5.69 Å². The summed E-state index contributed by atoms with van der Waals surface area (Å²) < 4.78 is 0. The van der Waals surface area contributed by atoms with Crippen molar-refractivity contribution < 1.29 is 4.79 Å². The van der Waals surface area contributed by atoms with Crippen LogP contribution in [0.5, 0.6) is 0 Å². The molecule has 0 saturated heterocycles. The quantitative estimate of drug-likeness (QED) is 0.872. The van der Waals surface area contributed by atoms with Crippen LogP contribution in [0.15, 0.2) is 18.2 Å². The molecule has 0 aliphatic carbocycles. The van der Waals surface area contributed by atoms with Gasteiger partial charge in [-0.3, -0.25) is 10.1 Å². The van der Waals surface area contributed by atoms with Crippen LogP contribution in [0, 0.1) is 20.8 Å². The molecule has 1 aromatic heterocycles. The summed E-state index contributed by atoms with van der Waals surface area (Å²) in [6, 6.07) is 5.80. The molecule has 5 heteroatoms. The van der Waals surface area contributed by atoms with Crippen molar-refractivity contribution in [1.82, 2.24) is 4.98 Å². The fourth-order valence-corrected chi connectivity index (χ4v) is 2.80. The average Bonchev–Trinajstić information content (AvgIpc) is 2.74. The highest BCUT2D eigenvalue weighted by molar-refractivity contribution is 7.15. The highest BCUT2D eigenvalue weighted by Gasteiger charge is 2.12. The molecule has 4 nitrogen and oxygen atoms in total. The fourth-order valence-electron chi connectivity index (χ4n) is 1.99. The zero-order valence-electron chi connectivity index (χ0n) is 12.9. The van der Waals surface area contributed by atoms with Gasteiger partial charge in [-0.1, -0.05) is 6.92 Å². The number of carbonyl (C=O) groups excluding carboxylic acids is 1. The molecule has 112 valence electrons. The summed E-state index contributed by atoms with van der Waals surface area (Å²) in [7, 11) is 0. The number of aryl methyl sites for hydroxylation is 3. The lowest BCUT2D eigenvalue weighted by molar-refractivity contribution is 0.102. The summed E-state index contributed by atoms with van der Waals surface area (Å²) in [4.78, 5) is 17.8. The van der Waals surface area contributed by atoms with Gasteiger partial charge in [-0.2, -0.15) is 0 Å². The second kappa shape index (κ2) is 6.72. The number of rotatable bonds is 5. The van der Waals surface area contributed by atoms with Crippen molar-refractivity contribution >= 4 is 28.1 Å². The van der Waals surface area contributed by atoms with E-state index in [1.54, 1.807) is 0 Å². The van der Waals surface area contributed by atoms with Crippen molar-refractivity contribution in [3.8, 4) is 0 Å². The molecule has 1 amide bonds. The fraction of sp³-hybridized carbons (Fsp3) is 0.375. The molecular weight excluding hydrogens is 282 g/mol. The highest BCUT2D eigenvalue weighted by Crippen LogP contribution is 2.23. The number of hydrogen-bond donors (Lipinski definition) is 2. The minimum Gasteiger partial charge on any atom is -0.385 e. The first-order chi connectivity index (χ1) is 10.0. The van der Waals surface area contributed by atoms with Crippen molar-refractivity contribution in [3.05, 3.63) is 39.9 Å². The van der Waals surface area contributed by atoms with Crippen LogP contribution in [0.1, 0.15) is 39.8 Å². The maximum atomic E-state index is 12.3. The number of hydrogen-bond acceptors (Lipinski definition) is 4. The minimum atomic E-state index is -0.108. The zero-order chi connectivity index (χ0) is 15.4. The van der Waals surface area contributed by atoms with Crippen LogP contribution < -0.4 is 10.6 Å². The molecule has 0 aliphatic heterocycles. The number of amides is 1. The Bertz CT molecular complexity index is 629. The molecule has 0 bridgehead atoms. The second-order valence-corrected chi connectivity index (χ2v) is 6.27. The van der Waals surface area contributed by atoms with Gasteiger partial charge in [0.15, 0.2) is 5.13 Å². The Labute approximate surface area is 129 Å². The molecule has 2 aromatic rings. The van der Waals surface area contributed by atoms with E-state index in [0.717, 1.165) is 34.8 Å². The van der Waals surface area contributed by atoms with E-state index < -0.39 is 0 Å². The van der Waals surface area contributed by atoms with Crippen molar-refractivity contribution in [2.45, 2.75) is 34.1 Å². The molecule has 1 heterocycles. The third kappa shape index (κ3) is 3.82.